The molecule has 7 nitrogen and oxygen atoms in total. The molecule has 0 saturated heterocycles. The van der Waals surface area contributed by atoms with E-state index in [0.29, 0.717) is 35.9 Å². The molecule has 0 fully saturated rings. The van der Waals surface area contributed by atoms with Gasteiger partial charge in [0.25, 0.3) is 0 Å². The maximum Gasteiger partial charge on any atom is 0.347 e. The second-order valence-electron chi connectivity index (χ2n) is 9.25. The van der Waals surface area contributed by atoms with Crippen LogP contribution in [-0.4, -0.2) is 39.1 Å². The number of allylic oxidation sites excluding steroid dienone is 1. The average Bonchev–Trinajstić information content (AvgIpc) is 3.35. The highest BCUT2D eigenvalue weighted by Crippen LogP contribution is 2.23. The highest BCUT2D eigenvalue weighted by molar-refractivity contribution is 6.07. The maximum absolute atomic E-state index is 13.4. The Morgan fingerprint density at radius 2 is 1.71 bits per heavy atom. The molecule has 3 aromatic carbocycles. The Morgan fingerprint density at radius 1 is 0.974 bits per heavy atom. The Morgan fingerprint density at radius 3 is 2.45 bits per heavy atom. The summed E-state index contributed by atoms with van der Waals surface area (Å²) < 4.78 is 12.8. The molecular weight excluding hydrogens is 480 g/mol. The van der Waals surface area contributed by atoms with Crippen molar-refractivity contribution in [3.8, 4) is 22.8 Å². The minimum atomic E-state index is -1.33. The fourth-order valence-corrected chi connectivity index (χ4v) is 3.86. The van der Waals surface area contributed by atoms with Crippen molar-refractivity contribution in [1.29, 1.82) is 0 Å². The lowest BCUT2D eigenvalue weighted by Gasteiger charge is -2.21. The van der Waals surface area contributed by atoms with E-state index in [2.05, 4.69) is 0 Å². The number of carbonyl (C=O) groups excluding carboxylic acids is 1. The standard InChI is InChI=1S/C31H30N2O5/c1-31(2,30(35)36)38-26-17-9-12-22(19-26)11-7-8-18-33-21-27(23-13-5-4-6-14-23)32-29(33)28(34)24-15-10-16-25(20-24)37-3/h4-7,9-17,19-21H,8,18H2,1-3H3,(H,35,36)/b11-7+. The number of ether oxygens (including phenoxy) is 2. The van der Waals surface area contributed by atoms with Crippen molar-refractivity contribution < 1.29 is 24.2 Å². The summed E-state index contributed by atoms with van der Waals surface area (Å²) in [4.78, 5) is 29.5. The van der Waals surface area contributed by atoms with Crippen LogP contribution in [-0.2, 0) is 11.3 Å². The van der Waals surface area contributed by atoms with Crippen molar-refractivity contribution in [1.82, 2.24) is 9.55 Å². The summed E-state index contributed by atoms with van der Waals surface area (Å²) in [6, 6.07) is 24.1. The topological polar surface area (TPSA) is 90.6 Å². The first-order chi connectivity index (χ1) is 18.3. The predicted octanol–water partition coefficient (Wildman–Crippen LogP) is 6.14. The van der Waals surface area contributed by atoms with Gasteiger partial charge in [-0.05, 0) is 50.1 Å². The number of aryl methyl sites for hydroxylation is 1. The number of carboxylic acids is 1. The van der Waals surface area contributed by atoms with E-state index in [-0.39, 0.29) is 5.78 Å². The van der Waals surface area contributed by atoms with Crippen LogP contribution in [0.3, 0.4) is 0 Å². The average molecular weight is 511 g/mol. The van der Waals surface area contributed by atoms with Gasteiger partial charge in [0, 0.05) is 23.9 Å². The lowest BCUT2D eigenvalue weighted by molar-refractivity contribution is -0.152. The number of hydrogen-bond acceptors (Lipinski definition) is 5. The molecule has 0 aliphatic rings. The van der Waals surface area contributed by atoms with Gasteiger partial charge in [0.15, 0.2) is 11.4 Å². The molecule has 1 N–H and O–H groups in total. The quantitative estimate of drug-likeness (QED) is 0.244. The fourth-order valence-electron chi connectivity index (χ4n) is 3.86. The third kappa shape index (κ3) is 6.37. The molecule has 4 rings (SSSR count). The van der Waals surface area contributed by atoms with E-state index in [0.717, 1.165) is 16.8 Å². The SMILES string of the molecule is COc1cccc(C(=O)c2nc(-c3ccccc3)cn2CC/C=C/c2cccc(OC(C)(C)C(=O)O)c2)c1. The van der Waals surface area contributed by atoms with Gasteiger partial charge in [-0.15, -0.1) is 0 Å². The number of carboxylic acid groups (broad SMARTS) is 1. The molecule has 0 unspecified atom stereocenters. The van der Waals surface area contributed by atoms with Gasteiger partial charge in [0.2, 0.25) is 5.78 Å². The van der Waals surface area contributed by atoms with Crippen LogP contribution in [0.15, 0.2) is 91.1 Å². The second-order valence-corrected chi connectivity index (χ2v) is 9.25. The smallest absolute Gasteiger partial charge is 0.347 e. The lowest BCUT2D eigenvalue weighted by Crippen LogP contribution is -2.37. The van der Waals surface area contributed by atoms with E-state index >= 15 is 0 Å². The Bertz CT molecular complexity index is 1450. The van der Waals surface area contributed by atoms with Crippen LogP contribution in [0.5, 0.6) is 11.5 Å². The fraction of sp³-hybridized carbons (Fsp3) is 0.194. The van der Waals surface area contributed by atoms with Crippen LogP contribution in [0.4, 0.5) is 0 Å². The number of hydrogen-bond donors (Lipinski definition) is 1. The van der Waals surface area contributed by atoms with Crippen LogP contribution < -0.4 is 9.47 Å². The molecule has 1 heterocycles. The normalized spacial score (nSPS) is 11.4. The van der Waals surface area contributed by atoms with Crippen molar-refractivity contribution in [2.45, 2.75) is 32.4 Å². The zero-order valence-electron chi connectivity index (χ0n) is 21.6. The number of nitrogens with zero attached hydrogens (tertiary/aromatic N) is 2. The molecule has 0 aliphatic heterocycles. The number of aromatic nitrogens is 2. The number of rotatable bonds is 11. The molecule has 0 aliphatic carbocycles. The molecule has 0 bridgehead atoms. The Kier molecular flexibility index (Phi) is 8.06. The van der Waals surface area contributed by atoms with Gasteiger partial charge < -0.3 is 19.1 Å². The zero-order valence-corrected chi connectivity index (χ0v) is 21.6. The van der Waals surface area contributed by atoms with Gasteiger partial charge in [-0.2, -0.15) is 0 Å². The summed E-state index contributed by atoms with van der Waals surface area (Å²) in [6.45, 7) is 3.57. The van der Waals surface area contributed by atoms with E-state index in [1.54, 1.807) is 43.5 Å². The van der Waals surface area contributed by atoms with Gasteiger partial charge in [0.1, 0.15) is 11.5 Å². The zero-order chi connectivity index (χ0) is 27.1. The van der Waals surface area contributed by atoms with Crippen LogP contribution in [0.2, 0.25) is 0 Å². The lowest BCUT2D eigenvalue weighted by atomic mass is 10.1. The van der Waals surface area contributed by atoms with Crippen molar-refractivity contribution in [3.05, 3.63) is 108 Å². The van der Waals surface area contributed by atoms with E-state index in [9.17, 15) is 14.7 Å². The third-order valence-corrected chi connectivity index (χ3v) is 5.97. The van der Waals surface area contributed by atoms with Gasteiger partial charge in [0.05, 0.1) is 12.8 Å². The first-order valence-corrected chi connectivity index (χ1v) is 12.3. The van der Waals surface area contributed by atoms with Crippen LogP contribution in [0.1, 0.15) is 42.0 Å². The summed E-state index contributed by atoms with van der Waals surface area (Å²) in [5, 5.41) is 9.31. The molecule has 4 aromatic rings. The Hall–Kier alpha value is -4.65. The van der Waals surface area contributed by atoms with Gasteiger partial charge in [-0.25, -0.2) is 9.78 Å². The predicted molar refractivity (Wildman–Crippen MR) is 147 cm³/mol. The second kappa shape index (κ2) is 11.6. The summed E-state index contributed by atoms with van der Waals surface area (Å²) in [5.74, 6) is 0.233. The minimum Gasteiger partial charge on any atom is -0.497 e. The maximum atomic E-state index is 13.4. The summed E-state index contributed by atoms with van der Waals surface area (Å²) in [6.07, 6.45) is 6.50. The van der Waals surface area contributed by atoms with Gasteiger partial charge >= 0.3 is 5.97 Å². The highest BCUT2D eigenvalue weighted by Gasteiger charge is 2.29. The number of ketones is 1. The molecule has 0 radical (unpaired) electrons. The van der Waals surface area contributed by atoms with E-state index in [4.69, 9.17) is 14.5 Å². The van der Waals surface area contributed by atoms with Crippen LogP contribution >= 0.6 is 0 Å². The number of aliphatic carboxylic acids is 1. The first-order valence-electron chi connectivity index (χ1n) is 12.3. The van der Waals surface area contributed by atoms with E-state index in [1.807, 2.05) is 65.4 Å². The van der Waals surface area contributed by atoms with Gasteiger partial charge in [-0.3, -0.25) is 4.79 Å². The van der Waals surface area contributed by atoms with Gasteiger partial charge in [-0.1, -0.05) is 66.7 Å². The number of methoxy groups -OCH3 is 1. The number of carbonyl (C=O) groups is 2. The monoisotopic (exact) mass is 510 g/mol. The number of benzene rings is 3. The largest absolute Gasteiger partial charge is 0.497 e. The molecular formula is C31H30N2O5. The molecule has 0 spiro atoms. The van der Waals surface area contributed by atoms with Crippen molar-refractivity contribution >= 4 is 17.8 Å². The third-order valence-electron chi connectivity index (χ3n) is 5.97. The molecule has 0 amide bonds. The minimum absolute atomic E-state index is 0.180. The highest BCUT2D eigenvalue weighted by atomic mass is 16.5. The molecule has 7 heteroatoms. The van der Waals surface area contributed by atoms with E-state index in [1.165, 1.54) is 13.8 Å². The van der Waals surface area contributed by atoms with Crippen molar-refractivity contribution in [2.24, 2.45) is 0 Å². The number of imidazole rings is 1. The Labute approximate surface area is 222 Å². The van der Waals surface area contributed by atoms with Crippen LogP contribution in [0, 0.1) is 0 Å². The summed E-state index contributed by atoms with van der Waals surface area (Å²) in [7, 11) is 1.57. The van der Waals surface area contributed by atoms with Crippen LogP contribution in [0.25, 0.3) is 17.3 Å². The van der Waals surface area contributed by atoms with Crippen molar-refractivity contribution in [2.75, 3.05) is 7.11 Å². The van der Waals surface area contributed by atoms with Crippen molar-refractivity contribution in [3.63, 3.8) is 0 Å². The molecule has 0 saturated carbocycles. The molecule has 1 aromatic heterocycles. The summed E-state index contributed by atoms with van der Waals surface area (Å²) in [5.41, 5.74) is 1.72. The first kappa shape index (κ1) is 26.4. The molecule has 38 heavy (non-hydrogen) atoms. The summed E-state index contributed by atoms with van der Waals surface area (Å²) >= 11 is 0. The molecule has 0 atom stereocenters. The Balaban J connectivity index is 1.53. The van der Waals surface area contributed by atoms with E-state index < -0.39 is 11.6 Å². The molecule has 194 valence electrons.